The van der Waals surface area contributed by atoms with Gasteiger partial charge in [-0.1, -0.05) is 23.8 Å². The minimum Gasteiger partial charge on any atom is -0.360 e. The lowest BCUT2D eigenvalue weighted by Crippen LogP contribution is -2.62. The van der Waals surface area contributed by atoms with Gasteiger partial charge in [-0.25, -0.2) is 0 Å². The van der Waals surface area contributed by atoms with Crippen molar-refractivity contribution in [2.45, 2.75) is 76.8 Å². The van der Waals surface area contributed by atoms with Crippen LogP contribution in [0.3, 0.4) is 0 Å². The number of fused-ring (bicyclic) bond motifs is 2. The minimum absolute atomic E-state index is 0.121. The molecule has 3 atom stereocenters. The summed E-state index contributed by atoms with van der Waals surface area (Å²) in [6, 6.07) is 7.93. The van der Waals surface area contributed by atoms with Gasteiger partial charge in [0.1, 0.15) is 6.10 Å². The van der Waals surface area contributed by atoms with Crippen LogP contribution in [0.25, 0.3) is 0 Å². The predicted molar refractivity (Wildman–Crippen MR) is 98.4 cm³/mol. The highest BCUT2D eigenvalue weighted by Crippen LogP contribution is 2.45. The Morgan fingerprint density at radius 3 is 2.52 bits per heavy atom. The molecular weight excluding hydrogens is 312 g/mol. The first-order valence-corrected chi connectivity index (χ1v) is 9.61. The number of likely N-dealkylation sites (N-methyl/N-ethyl adjacent to an activating group) is 1. The van der Waals surface area contributed by atoms with Gasteiger partial charge in [0.2, 0.25) is 0 Å². The fourth-order valence-corrected chi connectivity index (χ4v) is 5.33. The van der Waals surface area contributed by atoms with E-state index in [2.05, 4.69) is 36.9 Å². The topological polar surface area (TPSA) is 32.8 Å². The molecule has 3 heterocycles. The molecule has 0 saturated carbocycles. The molecule has 1 amide bonds. The number of rotatable bonds is 2. The van der Waals surface area contributed by atoms with Crippen LogP contribution in [0.1, 0.15) is 49.3 Å². The number of ether oxygens (including phenoxy) is 1. The third kappa shape index (κ3) is 3.00. The van der Waals surface area contributed by atoms with Crippen molar-refractivity contribution in [1.29, 1.82) is 0 Å². The molecule has 1 spiro atoms. The molecule has 3 unspecified atom stereocenters. The van der Waals surface area contributed by atoms with E-state index in [0.29, 0.717) is 12.1 Å². The number of amides is 1. The molecule has 4 heteroatoms. The van der Waals surface area contributed by atoms with Crippen molar-refractivity contribution >= 4 is 5.91 Å². The Labute approximate surface area is 151 Å². The molecule has 0 radical (unpaired) electrons. The summed E-state index contributed by atoms with van der Waals surface area (Å²) in [4.78, 5) is 16.7. The molecule has 1 aromatic rings. The smallest absolute Gasteiger partial charge is 0.251 e. The van der Waals surface area contributed by atoms with Crippen molar-refractivity contribution in [3.05, 3.63) is 34.9 Å². The summed E-state index contributed by atoms with van der Waals surface area (Å²) in [5.74, 6) is 0.121. The van der Waals surface area contributed by atoms with E-state index in [9.17, 15) is 4.79 Å². The Morgan fingerprint density at radius 1 is 1.20 bits per heavy atom. The molecule has 136 valence electrons. The third-order valence-corrected chi connectivity index (χ3v) is 6.52. The van der Waals surface area contributed by atoms with Gasteiger partial charge in [-0.2, -0.15) is 0 Å². The van der Waals surface area contributed by atoms with Gasteiger partial charge in [0.15, 0.2) is 0 Å². The summed E-state index contributed by atoms with van der Waals surface area (Å²) in [6.07, 6.45) is 4.31. The van der Waals surface area contributed by atoms with Gasteiger partial charge in [0.05, 0.1) is 5.60 Å². The summed E-state index contributed by atoms with van der Waals surface area (Å²) in [6.45, 7) is 8.09. The first kappa shape index (κ1) is 17.0. The summed E-state index contributed by atoms with van der Waals surface area (Å²) >= 11 is 0. The molecule has 1 aromatic carbocycles. The Balaban J connectivity index is 1.52. The molecule has 3 saturated heterocycles. The minimum atomic E-state index is -0.302. The normalized spacial score (nSPS) is 35.6. The maximum Gasteiger partial charge on any atom is 0.251 e. The van der Waals surface area contributed by atoms with Crippen LogP contribution in [0.5, 0.6) is 0 Å². The van der Waals surface area contributed by atoms with Crippen LogP contribution in [0.2, 0.25) is 0 Å². The molecule has 0 aromatic heterocycles. The maximum absolute atomic E-state index is 12.1. The average Bonchev–Trinajstić information content (AvgIpc) is 2.80. The highest BCUT2D eigenvalue weighted by atomic mass is 16.5. The largest absolute Gasteiger partial charge is 0.360 e. The Hall–Kier alpha value is -1.39. The molecule has 25 heavy (non-hydrogen) atoms. The van der Waals surface area contributed by atoms with Gasteiger partial charge in [-0.15, -0.1) is 0 Å². The standard InChI is InChI=1S/C21H30N2O2/c1-14-5-6-15(2)17(9-14)12-23-18-7-8-19(23)11-21(10-18)13-22(4)20(24)16(3)25-21/h5-6,9,16,18-19H,7-8,10-13H2,1-4H3. The summed E-state index contributed by atoms with van der Waals surface area (Å²) in [7, 11) is 1.92. The van der Waals surface area contributed by atoms with Crippen molar-refractivity contribution in [3.63, 3.8) is 0 Å². The zero-order chi connectivity index (χ0) is 17.8. The van der Waals surface area contributed by atoms with Crippen LogP contribution in [0, 0.1) is 13.8 Å². The summed E-state index contributed by atoms with van der Waals surface area (Å²) in [5, 5.41) is 0. The molecule has 3 aliphatic rings. The van der Waals surface area contributed by atoms with Crippen molar-refractivity contribution in [1.82, 2.24) is 9.80 Å². The second-order valence-corrected chi connectivity index (χ2v) is 8.53. The summed E-state index contributed by atoms with van der Waals surface area (Å²) in [5.41, 5.74) is 4.05. The second kappa shape index (κ2) is 6.10. The summed E-state index contributed by atoms with van der Waals surface area (Å²) < 4.78 is 6.30. The first-order chi connectivity index (χ1) is 11.9. The van der Waals surface area contributed by atoms with Crippen LogP contribution in [0.15, 0.2) is 18.2 Å². The van der Waals surface area contributed by atoms with E-state index in [-0.39, 0.29) is 17.6 Å². The number of piperidine rings is 1. The maximum atomic E-state index is 12.1. The van der Waals surface area contributed by atoms with Gasteiger partial charge in [-0.05, 0) is 57.6 Å². The molecular formula is C21H30N2O2. The Bertz CT molecular complexity index is 656. The van der Waals surface area contributed by atoms with Gasteiger partial charge in [-0.3, -0.25) is 9.69 Å². The molecule has 4 nitrogen and oxygen atoms in total. The number of nitrogens with zero attached hydrogens (tertiary/aromatic N) is 2. The van der Waals surface area contributed by atoms with Crippen LogP contribution in [0.4, 0.5) is 0 Å². The van der Waals surface area contributed by atoms with Gasteiger partial charge < -0.3 is 9.64 Å². The number of carbonyl (C=O) groups excluding carboxylic acids is 1. The third-order valence-electron chi connectivity index (χ3n) is 6.52. The van der Waals surface area contributed by atoms with E-state index >= 15 is 0 Å². The Kier molecular flexibility index (Phi) is 4.16. The van der Waals surface area contributed by atoms with Crippen molar-refractivity contribution in [3.8, 4) is 0 Å². The number of morpholine rings is 1. The lowest BCUT2D eigenvalue weighted by molar-refractivity contribution is -0.193. The van der Waals surface area contributed by atoms with E-state index in [1.807, 2.05) is 18.9 Å². The highest BCUT2D eigenvalue weighted by molar-refractivity contribution is 5.81. The zero-order valence-electron chi connectivity index (χ0n) is 15.9. The number of benzene rings is 1. The fourth-order valence-electron chi connectivity index (χ4n) is 5.33. The molecule has 2 bridgehead atoms. The molecule has 4 rings (SSSR count). The number of aryl methyl sites for hydroxylation is 2. The van der Waals surface area contributed by atoms with E-state index in [4.69, 9.17) is 4.74 Å². The monoisotopic (exact) mass is 342 g/mol. The molecule has 0 aliphatic carbocycles. The quantitative estimate of drug-likeness (QED) is 0.828. The van der Waals surface area contributed by atoms with Gasteiger partial charge in [0.25, 0.3) is 5.91 Å². The van der Waals surface area contributed by atoms with Crippen molar-refractivity contribution in [2.24, 2.45) is 0 Å². The van der Waals surface area contributed by atoms with E-state index in [1.165, 1.54) is 29.5 Å². The number of carbonyl (C=O) groups is 1. The fraction of sp³-hybridized carbons (Fsp3) is 0.667. The van der Waals surface area contributed by atoms with Crippen LogP contribution >= 0.6 is 0 Å². The lowest BCUT2D eigenvalue weighted by atomic mass is 9.83. The predicted octanol–water partition coefficient (Wildman–Crippen LogP) is 3.05. The van der Waals surface area contributed by atoms with Gasteiger partial charge in [0, 0.05) is 32.2 Å². The average molecular weight is 342 g/mol. The lowest BCUT2D eigenvalue weighted by Gasteiger charge is -2.51. The zero-order valence-corrected chi connectivity index (χ0v) is 15.9. The van der Waals surface area contributed by atoms with Crippen LogP contribution < -0.4 is 0 Å². The number of hydrogen-bond acceptors (Lipinski definition) is 3. The molecule has 3 aliphatic heterocycles. The number of hydrogen-bond donors (Lipinski definition) is 0. The van der Waals surface area contributed by atoms with E-state index in [1.54, 1.807) is 0 Å². The van der Waals surface area contributed by atoms with Gasteiger partial charge >= 0.3 is 0 Å². The van der Waals surface area contributed by atoms with Crippen LogP contribution in [-0.4, -0.2) is 53.1 Å². The first-order valence-electron chi connectivity index (χ1n) is 9.61. The van der Waals surface area contributed by atoms with E-state index in [0.717, 1.165) is 25.9 Å². The van der Waals surface area contributed by atoms with Crippen molar-refractivity contribution in [2.75, 3.05) is 13.6 Å². The second-order valence-electron chi connectivity index (χ2n) is 8.53. The Morgan fingerprint density at radius 2 is 1.88 bits per heavy atom. The van der Waals surface area contributed by atoms with Crippen LogP contribution in [-0.2, 0) is 16.1 Å². The molecule has 3 fully saturated rings. The molecule has 0 N–H and O–H groups in total. The highest BCUT2D eigenvalue weighted by Gasteiger charge is 2.52. The SMILES string of the molecule is Cc1ccc(C)c(CN2C3CCC2CC2(C3)CN(C)C(=O)C(C)O2)c1. The van der Waals surface area contributed by atoms with Crippen molar-refractivity contribution < 1.29 is 9.53 Å². The van der Waals surface area contributed by atoms with E-state index < -0.39 is 0 Å².